The third kappa shape index (κ3) is 5.68. The lowest BCUT2D eigenvalue weighted by molar-refractivity contribution is 0.114. The molecule has 2 heterocycles. The van der Waals surface area contributed by atoms with Crippen LogP contribution in [0.2, 0.25) is 0 Å². The van der Waals surface area contributed by atoms with Crippen LogP contribution < -0.4 is 15.6 Å². The normalized spacial score (nSPS) is 21.3. The Labute approximate surface area is 162 Å². The summed E-state index contributed by atoms with van der Waals surface area (Å²) in [5.74, 6) is 0. The highest BCUT2D eigenvalue weighted by Crippen LogP contribution is 2.20. The molecule has 1 atom stereocenters. The number of ether oxygens (including phenoxy) is 1. The molecule has 0 bridgehead atoms. The van der Waals surface area contributed by atoms with Gasteiger partial charge in [0.05, 0.1) is 11.8 Å². The molecule has 2 fully saturated rings. The smallest absolute Gasteiger partial charge is 0.187 e. The van der Waals surface area contributed by atoms with E-state index in [1.165, 1.54) is 44.5 Å². The van der Waals surface area contributed by atoms with Gasteiger partial charge in [-0.1, -0.05) is 25.0 Å². The zero-order chi connectivity index (χ0) is 18.2. The zero-order valence-corrected chi connectivity index (χ0v) is 16.5. The molecule has 5 nitrogen and oxygen atoms in total. The second kappa shape index (κ2) is 9.88. The number of hydrogen-bond acceptors (Lipinski definition) is 4. The Hall–Kier alpha value is -1.66. The van der Waals surface area contributed by atoms with Crippen molar-refractivity contribution >= 4 is 28.7 Å². The molecule has 2 saturated heterocycles. The molecule has 0 saturated carbocycles. The molecule has 2 N–H and O–H groups in total. The largest absolute Gasteiger partial charge is 0.376 e. The van der Waals surface area contributed by atoms with Gasteiger partial charge >= 0.3 is 0 Å². The standard InChI is InChI=1S/C20H30N4OS/c1-16(22-23-20(26)21-15-19-7-6-14-25-19)17-8-10-18(11-9-17)24-12-4-2-3-5-13-24/h8-11,19H,2-7,12-15H2,1H3,(H2,21,23,26). The van der Waals surface area contributed by atoms with Crippen LogP contribution in [-0.2, 0) is 4.74 Å². The molecule has 3 rings (SSSR count). The maximum absolute atomic E-state index is 5.58. The first-order chi connectivity index (χ1) is 12.7. The van der Waals surface area contributed by atoms with Gasteiger partial charge in [-0.2, -0.15) is 5.10 Å². The SMILES string of the molecule is CC(=NNC(=S)NCC1CCCO1)c1ccc(N2CCCCCC2)cc1. The molecule has 1 aromatic carbocycles. The van der Waals surface area contributed by atoms with Crippen LogP contribution in [0.5, 0.6) is 0 Å². The molecule has 0 spiro atoms. The average Bonchev–Trinajstić information content (AvgIpc) is 3.05. The van der Waals surface area contributed by atoms with Crippen molar-refractivity contribution < 1.29 is 4.74 Å². The van der Waals surface area contributed by atoms with Gasteiger partial charge in [-0.15, -0.1) is 0 Å². The van der Waals surface area contributed by atoms with Crippen LogP contribution in [0.15, 0.2) is 29.4 Å². The minimum Gasteiger partial charge on any atom is -0.376 e. The van der Waals surface area contributed by atoms with E-state index in [0.29, 0.717) is 5.11 Å². The summed E-state index contributed by atoms with van der Waals surface area (Å²) in [6.07, 6.45) is 7.80. The number of thiocarbonyl (C=S) groups is 1. The van der Waals surface area contributed by atoms with Gasteiger partial charge in [0, 0.05) is 31.9 Å². The van der Waals surface area contributed by atoms with Crippen LogP contribution in [0, 0.1) is 0 Å². The fraction of sp³-hybridized carbons (Fsp3) is 0.600. The summed E-state index contributed by atoms with van der Waals surface area (Å²) in [4.78, 5) is 2.49. The molecular formula is C20H30N4OS. The number of hydrogen-bond donors (Lipinski definition) is 2. The minimum absolute atomic E-state index is 0.270. The van der Waals surface area contributed by atoms with E-state index < -0.39 is 0 Å². The van der Waals surface area contributed by atoms with E-state index in [4.69, 9.17) is 17.0 Å². The van der Waals surface area contributed by atoms with E-state index in [-0.39, 0.29) is 6.10 Å². The van der Waals surface area contributed by atoms with Crippen LogP contribution in [-0.4, -0.2) is 43.2 Å². The second-order valence-corrected chi connectivity index (χ2v) is 7.51. The molecule has 26 heavy (non-hydrogen) atoms. The van der Waals surface area contributed by atoms with Crippen molar-refractivity contribution in [3.8, 4) is 0 Å². The number of benzene rings is 1. The van der Waals surface area contributed by atoms with Crippen LogP contribution in [0.1, 0.15) is 51.0 Å². The highest BCUT2D eigenvalue weighted by molar-refractivity contribution is 7.80. The highest BCUT2D eigenvalue weighted by atomic mass is 32.1. The summed E-state index contributed by atoms with van der Waals surface area (Å²) >= 11 is 5.28. The number of nitrogens with zero attached hydrogens (tertiary/aromatic N) is 2. The number of rotatable bonds is 5. The fourth-order valence-electron chi connectivity index (χ4n) is 3.49. The van der Waals surface area contributed by atoms with E-state index in [1.807, 2.05) is 6.92 Å². The van der Waals surface area contributed by atoms with Gasteiger partial charge in [-0.05, 0) is 62.5 Å². The van der Waals surface area contributed by atoms with Gasteiger partial charge in [0.2, 0.25) is 0 Å². The number of nitrogens with one attached hydrogen (secondary N) is 2. The van der Waals surface area contributed by atoms with Gasteiger partial charge in [0.1, 0.15) is 0 Å². The maximum atomic E-state index is 5.58. The van der Waals surface area contributed by atoms with E-state index in [2.05, 4.69) is 45.0 Å². The van der Waals surface area contributed by atoms with Crippen molar-refractivity contribution in [2.24, 2.45) is 5.10 Å². The van der Waals surface area contributed by atoms with Crippen molar-refractivity contribution in [1.29, 1.82) is 0 Å². The molecule has 1 aromatic rings. The lowest BCUT2D eigenvalue weighted by Gasteiger charge is -2.22. The first-order valence-electron chi connectivity index (χ1n) is 9.77. The monoisotopic (exact) mass is 374 g/mol. The summed E-state index contributed by atoms with van der Waals surface area (Å²) < 4.78 is 5.58. The van der Waals surface area contributed by atoms with Crippen LogP contribution in [0.4, 0.5) is 5.69 Å². The van der Waals surface area contributed by atoms with Crippen molar-refractivity contribution in [1.82, 2.24) is 10.7 Å². The van der Waals surface area contributed by atoms with Gasteiger partial charge < -0.3 is 15.0 Å². The molecule has 142 valence electrons. The summed E-state index contributed by atoms with van der Waals surface area (Å²) in [6.45, 7) is 5.93. The van der Waals surface area contributed by atoms with Gasteiger partial charge in [-0.3, -0.25) is 5.43 Å². The summed E-state index contributed by atoms with van der Waals surface area (Å²) in [7, 11) is 0. The molecule has 1 unspecified atom stereocenters. The number of anilines is 1. The predicted octanol–water partition coefficient (Wildman–Crippen LogP) is 3.43. The van der Waals surface area contributed by atoms with Gasteiger partial charge in [0.25, 0.3) is 0 Å². The second-order valence-electron chi connectivity index (χ2n) is 7.10. The lowest BCUT2D eigenvalue weighted by atomic mass is 10.1. The van der Waals surface area contributed by atoms with E-state index in [1.54, 1.807) is 0 Å². The summed E-state index contributed by atoms with van der Waals surface area (Å²) in [5.41, 5.74) is 6.28. The molecule has 0 amide bonds. The highest BCUT2D eigenvalue weighted by Gasteiger charge is 2.15. The quantitative estimate of drug-likeness (QED) is 0.470. The molecule has 2 aliphatic heterocycles. The van der Waals surface area contributed by atoms with Gasteiger partial charge in [0.15, 0.2) is 5.11 Å². The molecule has 0 radical (unpaired) electrons. The fourth-order valence-corrected chi connectivity index (χ4v) is 3.62. The van der Waals surface area contributed by atoms with E-state index in [9.17, 15) is 0 Å². The zero-order valence-electron chi connectivity index (χ0n) is 15.7. The Balaban J connectivity index is 1.49. The Bertz CT molecular complexity index is 603. The molecular weight excluding hydrogens is 344 g/mol. The third-order valence-electron chi connectivity index (χ3n) is 5.10. The number of hydrazone groups is 1. The Kier molecular flexibility index (Phi) is 7.26. The van der Waals surface area contributed by atoms with Crippen LogP contribution in [0.25, 0.3) is 0 Å². The Morgan fingerprint density at radius 1 is 1.15 bits per heavy atom. The summed E-state index contributed by atoms with van der Waals surface area (Å²) in [6, 6.07) is 8.69. The Morgan fingerprint density at radius 2 is 1.88 bits per heavy atom. The average molecular weight is 375 g/mol. The first kappa shape index (κ1) is 19.1. The molecule has 0 aliphatic carbocycles. The first-order valence-corrected chi connectivity index (χ1v) is 10.2. The maximum Gasteiger partial charge on any atom is 0.187 e. The lowest BCUT2D eigenvalue weighted by Crippen LogP contribution is -2.37. The predicted molar refractivity (Wildman–Crippen MR) is 112 cm³/mol. The Morgan fingerprint density at radius 3 is 2.54 bits per heavy atom. The third-order valence-corrected chi connectivity index (χ3v) is 5.33. The minimum atomic E-state index is 0.270. The van der Waals surface area contributed by atoms with Crippen molar-refractivity contribution in [2.45, 2.75) is 51.6 Å². The summed E-state index contributed by atoms with van der Waals surface area (Å²) in [5, 5.41) is 8.12. The van der Waals surface area contributed by atoms with Crippen LogP contribution >= 0.6 is 12.2 Å². The molecule has 6 heteroatoms. The molecule has 0 aromatic heterocycles. The van der Waals surface area contributed by atoms with E-state index in [0.717, 1.165) is 37.3 Å². The van der Waals surface area contributed by atoms with Crippen LogP contribution in [0.3, 0.4) is 0 Å². The molecule has 2 aliphatic rings. The van der Waals surface area contributed by atoms with Crippen molar-refractivity contribution in [3.63, 3.8) is 0 Å². The van der Waals surface area contributed by atoms with Crippen molar-refractivity contribution in [3.05, 3.63) is 29.8 Å². The van der Waals surface area contributed by atoms with Gasteiger partial charge in [-0.25, -0.2) is 0 Å². The van der Waals surface area contributed by atoms with Crippen molar-refractivity contribution in [2.75, 3.05) is 31.1 Å². The topological polar surface area (TPSA) is 48.9 Å². The van der Waals surface area contributed by atoms with E-state index >= 15 is 0 Å².